The van der Waals surface area contributed by atoms with Gasteiger partial charge in [0.25, 0.3) is 10.0 Å². The predicted octanol–water partition coefficient (Wildman–Crippen LogP) is 1.07. The smallest absolute Gasteiger partial charge is 0.268 e. The van der Waals surface area contributed by atoms with Crippen molar-refractivity contribution in [2.45, 2.75) is 18.7 Å². The van der Waals surface area contributed by atoms with Crippen LogP contribution in [0.1, 0.15) is 17.0 Å². The molecule has 8 nitrogen and oxygen atoms in total. The molecule has 1 aromatic carbocycles. The van der Waals surface area contributed by atoms with Crippen LogP contribution in [0.15, 0.2) is 29.2 Å². The van der Waals surface area contributed by atoms with Gasteiger partial charge in [-0.2, -0.15) is 5.10 Å². The molecule has 0 spiro atoms. The van der Waals surface area contributed by atoms with E-state index < -0.39 is 10.0 Å². The molecule has 1 aromatic heterocycles. The second-order valence-electron chi connectivity index (χ2n) is 6.82. The molecule has 154 valence electrons. The highest BCUT2D eigenvalue weighted by Crippen LogP contribution is 2.28. The first-order valence-electron chi connectivity index (χ1n) is 9.21. The van der Waals surface area contributed by atoms with Gasteiger partial charge in [0.05, 0.1) is 30.3 Å². The van der Waals surface area contributed by atoms with Gasteiger partial charge in [0.15, 0.2) is 0 Å². The lowest BCUT2D eigenvalue weighted by atomic mass is 10.2. The Kier molecular flexibility index (Phi) is 5.96. The standard InChI is InChI=1S/C20H24N4O4S/c1-5-17-7-6-8-18(13-17)24(14-19(25)23-9-11-28-12-10-23)29(26,27)20-15(2)21-22(4)16(20)3/h1,6-8,13H,9-12,14H2,2-4H3. The number of sulfonamides is 1. The number of nitrogens with zero attached hydrogens (tertiary/aromatic N) is 4. The fraction of sp³-hybridized carbons (Fsp3) is 0.400. The van der Waals surface area contributed by atoms with Crippen molar-refractivity contribution >= 4 is 21.6 Å². The van der Waals surface area contributed by atoms with Gasteiger partial charge in [0.2, 0.25) is 5.91 Å². The van der Waals surface area contributed by atoms with E-state index in [4.69, 9.17) is 11.2 Å². The van der Waals surface area contributed by atoms with Crippen molar-refractivity contribution in [2.24, 2.45) is 7.05 Å². The Balaban J connectivity index is 2.06. The van der Waals surface area contributed by atoms with Crippen molar-refractivity contribution in [3.05, 3.63) is 41.2 Å². The molecule has 1 amide bonds. The second kappa shape index (κ2) is 8.27. The molecule has 2 heterocycles. The summed E-state index contributed by atoms with van der Waals surface area (Å²) in [5.74, 6) is 2.22. The summed E-state index contributed by atoms with van der Waals surface area (Å²) < 4.78 is 35.2. The normalized spacial score (nSPS) is 14.5. The van der Waals surface area contributed by atoms with Gasteiger partial charge in [-0.1, -0.05) is 12.0 Å². The molecule has 1 saturated heterocycles. The molecular formula is C20H24N4O4S. The Morgan fingerprint density at radius 1 is 1.31 bits per heavy atom. The predicted molar refractivity (Wildman–Crippen MR) is 109 cm³/mol. The highest BCUT2D eigenvalue weighted by molar-refractivity contribution is 7.93. The van der Waals surface area contributed by atoms with Gasteiger partial charge in [-0.15, -0.1) is 6.42 Å². The van der Waals surface area contributed by atoms with Crippen molar-refractivity contribution in [3.8, 4) is 12.3 Å². The van der Waals surface area contributed by atoms with Gasteiger partial charge >= 0.3 is 0 Å². The van der Waals surface area contributed by atoms with Crippen molar-refractivity contribution in [1.82, 2.24) is 14.7 Å². The number of aromatic nitrogens is 2. The van der Waals surface area contributed by atoms with Gasteiger partial charge in [0, 0.05) is 25.7 Å². The quantitative estimate of drug-likeness (QED) is 0.681. The van der Waals surface area contributed by atoms with Crippen LogP contribution in [0.2, 0.25) is 0 Å². The average molecular weight is 417 g/mol. The third-order valence-electron chi connectivity index (χ3n) is 4.93. The highest BCUT2D eigenvalue weighted by Gasteiger charge is 2.33. The Morgan fingerprint density at radius 3 is 2.59 bits per heavy atom. The summed E-state index contributed by atoms with van der Waals surface area (Å²) in [5, 5.41) is 4.22. The van der Waals surface area contributed by atoms with E-state index >= 15 is 0 Å². The molecule has 1 fully saturated rings. The zero-order valence-corrected chi connectivity index (χ0v) is 17.6. The Hall–Kier alpha value is -2.83. The number of amides is 1. The maximum absolute atomic E-state index is 13.6. The third-order valence-corrected chi connectivity index (χ3v) is 6.96. The maximum Gasteiger partial charge on any atom is 0.268 e. The van der Waals surface area contributed by atoms with Crippen molar-refractivity contribution in [3.63, 3.8) is 0 Å². The minimum atomic E-state index is -4.05. The van der Waals surface area contributed by atoms with Crippen molar-refractivity contribution < 1.29 is 17.9 Å². The van der Waals surface area contributed by atoms with Crippen LogP contribution in [0.5, 0.6) is 0 Å². The number of ether oxygens (including phenoxy) is 1. The number of carbonyl (C=O) groups is 1. The second-order valence-corrected chi connectivity index (χ2v) is 8.62. The van der Waals surface area contributed by atoms with E-state index in [1.54, 1.807) is 50.1 Å². The highest BCUT2D eigenvalue weighted by atomic mass is 32.2. The van der Waals surface area contributed by atoms with Crippen LogP contribution >= 0.6 is 0 Å². The van der Waals surface area contributed by atoms with Crippen molar-refractivity contribution in [1.29, 1.82) is 0 Å². The average Bonchev–Trinajstić information content (AvgIpc) is 2.98. The zero-order chi connectivity index (χ0) is 21.2. The van der Waals surface area contributed by atoms with Crippen molar-refractivity contribution in [2.75, 3.05) is 37.2 Å². The number of carbonyl (C=O) groups excluding carboxylic acids is 1. The lowest BCUT2D eigenvalue weighted by Gasteiger charge is -2.30. The summed E-state index contributed by atoms with van der Waals surface area (Å²) in [5.41, 5.74) is 1.74. The van der Waals surface area contributed by atoms with E-state index in [1.807, 2.05) is 0 Å². The molecule has 0 saturated carbocycles. The number of hydrogen-bond donors (Lipinski definition) is 0. The zero-order valence-electron chi connectivity index (χ0n) is 16.8. The number of aryl methyl sites for hydroxylation is 2. The number of rotatable bonds is 5. The van der Waals surface area contributed by atoms with E-state index in [0.29, 0.717) is 48.9 Å². The van der Waals surface area contributed by atoms with Crippen LogP contribution in [0.4, 0.5) is 5.69 Å². The van der Waals surface area contributed by atoms with Gasteiger partial charge in [-0.25, -0.2) is 8.42 Å². The molecular weight excluding hydrogens is 392 g/mol. The molecule has 3 rings (SSSR count). The van der Waals surface area contributed by atoms with Crippen LogP contribution < -0.4 is 4.31 Å². The minimum Gasteiger partial charge on any atom is -0.378 e. The number of terminal acetylenes is 1. The first-order valence-corrected chi connectivity index (χ1v) is 10.6. The van der Waals surface area contributed by atoms with Crippen LogP contribution in [-0.2, 0) is 26.6 Å². The van der Waals surface area contributed by atoms with E-state index in [-0.39, 0.29) is 17.3 Å². The lowest BCUT2D eigenvalue weighted by Crippen LogP contribution is -2.47. The largest absolute Gasteiger partial charge is 0.378 e. The molecule has 1 aliphatic heterocycles. The van der Waals surface area contributed by atoms with Crippen LogP contribution in [0.3, 0.4) is 0 Å². The monoisotopic (exact) mass is 416 g/mol. The maximum atomic E-state index is 13.6. The van der Waals surface area contributed by atoms with Gasteiger partial charge < -0.3 is 9.64 Å². The summed E-state index contributed by atoms with van der Waals surface area (Å²) in [6.07, 6.45) is 5.49. The first kappa shape index (κ1) is 20.9. The van der Waals surface area contributed by atoms with Crippen LogP contribution in [-0.4, -0.2) is 61.9 Å². The van der Waals surface area contributed by atoms with Crippen LogP contribution in [0.25, 0.3) is 0 Å². The summed E-state index contributed by atoms with van der Waals surface area (Å²) in [6.45, 7) is 4.73. The molecule has 1 aliphatic rings. The number of hydrogen-bond acceptors (Lipinski definition) is 5. The number of morpholine rings is 1. The summed E-state index contributed by atoms with van der Waals surface area (Å²) in [6, 6.07) is 6.60. The molecule has 9 heteroatoms. The number of benzene rings is 1. The molecule has 0 aliphatic carbocycles. The molecule has 0 unspecified atom stereocenters. The summed E-state index contributed by atoms with van der Waals surface area (Å²) in [4.78, 5) is 14.6. The topological polar surface area (TPSA) is 84.7 Å². The SMILES string of the molecule is C#Cc1cccc(N(CC(=O)N2CCOCC2)S(=O)(=O)c2c(C)nn(C)c2C)c1. The van der Waals surface area contributed by atoms with E-state index in [0.717, 1.165) is 4.31 Å². The first-order chi connectivity index (χ1) is 13.8. The Bertz CT molecular complexity index is 1060. The Morgan fingerprint density at radius 2 is 2.00 bits per heavy atom. The fourth-order valence-corrected chi connectivity index (χ4v) is 5.15. The van der Waals surface area contributed by atoms with E-state index in [2.05, 4.69) is 11.0 Å². The lowest BCUT2D eigenvalue weighted by molar-refractivity contribution is -0.133. The minimum absolute atomic E-state index is 0.0980. The molecule has 0 atom stereocenters. The van der Waals surface area contributed by atoms with Gasteiger partial charge in [-0.05, 0) is 32.0 Å². The Labute approximate surface area is 171 Å². The molecule has 2 aromatic rings. The fourth-order valence-electron chi connectivity index (χ4n) is 3.34. The molecule has 29 heavy (non-hydrogen) atoms. The molecule has 0 bridgehead atoms. The van der Waals surface area contributed by atoms with E-state index in [1.165, 1.54) is 4.68 Å². The summed E-state index contributed by atoms with van der Waals surface area (Å²) in [7, 11) is -2.37. The third kappa shape index (κ3) is 4.13. The van der Waals surface area contributed by atoms with Gasteiger partial charge in [-0.3, -0.25) is 13.8 Å². The summed E-state index contributed by atoms with van der Waals surface area (Å²) >= 11 is 0. The molecule has 0 N–H and O–H groups in total. The molecule has 0 radical (unpaired) electrons. The number of anilines is 1. The van der Waals surface area contributed by atoms with E-state index in [9.17, 15) is 13.2 Å². The van der Waals surface area contributed by atoms with Gasteiger partial charge in [0.1, 0.15) is 11.4 Å². The van der Waals surface area contributed by atoms with Crippen LogP contribution in [0, 0.1) is 26.2 Å².